The molecule has 0 saturated heterocycles. The molecule has 1 amide bonds. The lowest BCUT2D eigenvalue weighted by Gasteiger charge is -2.18. The van der Waals surface area contributed by atoms with Crippen LogP contribution >= 0.6 is 0 Å². The number of nitriles is 1. The Kier molecular flexibility index (Phi) is 5.74. The van der Waals surface area contributed by atoms with Crippen molar-refractivity contribution < 1.29 is 18.0 Å². The fourth-order valence-electron chi connectivity index (χ4n) is 3.10. The third kappa shape index (κ3) is 4.41. The van der Waals surface area contributed by atoms with Crippen molar-refractivity contribution in [1.82, 2.24) is 4.57 Å². The van der Waals surface area contributed by atoms with Gasteiger partial charge in [-0.1, -0.05) is 42.5 Å². The topological polar surface area (TPSA) is 74.9 Å². The first kappa shape index (κ1) is 20.9. The SMILES string of the molecule is CC(=O)Nc1cccc(-c2cc(C(F)(F)F)c(C#N)c(=O)n2Cc2ccccc2)c1. The van der Waals surface area contributed by atoms with Gasteiger partial charge in [0.2, 0.25) is 5.91 Å². The molecule has 0 radical (unpaired) electrons. The molecule has 3 rings (SSSR count). The monoisotopic (exact) mass is 411 g/mol. The zero-order valence-corrected chi connectivity index (χ0v) is 15.8. The quantitative estimate of drug-likeness (QED) is 0.691. The molecule has 0 bridgehead atoms. The van der Waals surface area contributed by atoms with E-state index in [1.807, 2.05) is 0 Å². The summed E-state index contributed by atoms with van der Waals surface area (Å²) in [5.74, 6) is -0.343. The summed E-state index contributed by atoms with van der Waals surface area (Å²) in [4.78, 5) is 24.2. The highest BCUT2D eigenvalue weighted by Gasteiger charge is 2.36. The number of nitrogens with one attached hydrogen (secondary N) is 1. The molecule has 0 fully saturated rings. The normalized spacial score (nSPS) is 11.0. The largest absolute Gasteiger partial charge is 0.417 e. The van der Waals surface area contributed by atoms with Crippen LogP contribution in [0.5, 0.6) is 0 Å². The summed E-state index contributed by atoms with van der Waals surface area (Å²) in [6, 6.07) is 17.1. The average molecular weight is 411 g/mol. The van der Waals surface area contributed by atoms with Gasteiger partial charge in [-0.2, -0.15) is 18.4 Å². The van der Waals surface area contributed by atoms with Gasteiger partial charge in [0.25, 0.3) is 5.56 Å². The first-order chi connectivity index (χ1) is 14.2. The minimum atomic E-state index is -4.87. The van der Waals surface area contributed by atoms with Crippen molar-refractivity contribution in [3.63, 3.8) is 0 Å². The maximum absolute atomic E-state index is 13.6. The van der Waals surface area contributed by atoms with Crippen molar-refractivity contribution in [2.75, 3.05) is 5.32 Å². The number of carbonyl (C=O) groups excluding carboxylic acids is 1. The van der Waals surface area contributed by atoms with E-state index in [0.717, 1.165) is 10.6 Å². The van der Waals surface area contributed by atoms with E-state index in [0.29, 0.717) is 16.8 Å². The minimum Gasteiger partial charge on any atom is -0.326 e. The van der Waals surface area contributed by atoms with E-state index in [4.69, 9.17) is 0 Å². The van der Waals surface area contributed by atoms with Crippen LogP contribution in [0.2, 0.25) is 0 Å². The molecule has 2 aromatic carbocycles. The fourth-order valence-corrected chi connectivity index (χ4v) is 3.10. The Bertz CT molecular complexity index is 1190. The molecular formula is C22H16F3N3O2. The smallest absolute Gasteiger partial charge is 0.326 e. The lowest BCUT2D eigenvalue weighted by atomic mass is 10.0. The number of anilines is 1. The van der Waals surface area contributed by atoms with Gasteiger partial charge in [0.05, 0.1) is 17.8 Å². The summed E-state index contributed by atoms with van der Waals surface area (Å²) in [5.41, 5.74) is -1.94. The van der Waals surface area contributed by atoms with E-state index >= 15 is 0 Å². The zero-order valence-electron chi connectivity index (χ0n) is 15.8. The molecule has 0 aliphatic heterocycles. The molecule has 0 saturated carbocycles. The second-order valence-corrected chi connectivity index (χ2v) is 6.57. The summed E-state index contributed by atoms with van der Waals surface area (Å²) < 4.78 is 41.8. The van der Waals surface area contributed by atoms with Crippen molar-refractivity contribution in [3.05, 3.63) is 87.7 Å². The predicted octanol–water partition coefficient (Wildman–Crippen LogP) is 4.41. The van der Waals surface area contributed by atoms with Gasteiger partial charge in [0.1, 0.15) is 11.6 Å². The number of rotatable bonds is 4. The Balaban J connectivity index is 2.29. The van der Waals surface area contributed by atoms with Gasteiger partial charge in [-0.05, 0) is 23.8 Å². The molecule has 0 aliphatic carbocycles. The third-order valence-corrected chi connectivity index (χ3v) is 4.38. The first-order valence-electron chi connectivity index (χ1n) is 8.88. The Hall–Kier alpha value is -3.86. The Labute approximate surface area is 170 Å². The molecular weight excluding hydrogens is 395 g/mol. The number of aromatic nitrogens is 1. The maximum Gasteiger partial charge on any atom is 0.417 e. The predicted molar refractivity (Wildman–Crippen MR) is 106 cm³/mol. The van der Waals surface area contributed by atoms with Crippen LogP contribution in [0, 0.1) is 11.3 Å². The molecule has 1 heterocycles. The van der Waals surface area contributed by atoms with Crippen LogP contribution in [0.4, 0.5) is 18.9 Å². The molecule has 0 atom stereocenters. The molecule has 1 N–H and O–H groups in total. The van der Waals surface area contributed by atoms with Crippen molar-refractivity contribution in [3.8, 4) is 17.3 Å². The number of carbonyl (C=O) groups is 1. The van der Waals surface area contributed by atoms with Gasteiger partial charge in [-0.25, -0.2) is 0 Å². The van der Waals surface area contributed by atoms with Gasteiger partial charge in [0, 0.05) is 18.2 Å². The molecule has 0 unspecified atom stereocenters. The van der Waals surface area contributed by atoms with E-state index < -0.39 is 22.9 Å². The highest BCUT2D eigenvalue weighted by molar-refractivity contribution is 5.89. The molecule has 0 spiro atoms. The van der Waals surface area contributed by atoms with E-state index in [2.05, 4.69) is 5.32 Å². The number of nitrogens with zero attached hydrogens (tertiary/aromatic N) is 2. The lowest BCUT2D eigenvalue weighted by molar-refractivity contribution is -0.137. The summed E-state index contributed by atoms with van der Waals surface area (Å²) in [5, 5.41) is 11.8. The zero-order chi connectivity index (χ0) is 21.9. The number of hydrogen-bond donors (Lipinski definition) is 1. The van der Waals surface area contributed by atoms with Crippen LogP contribution in [0.15, 0.2) is 65.5 Å². The molecule has 0 aliphatic rings. The first-order valence-corrected chi connectivity index (χ1v) is 8.88. The van der Waals surface area contributed by atoms with Crippen molar-refractivity contribution in [2.45, 2.75) is 19.6 Å². The van der Waals surface area contributed by atoms with Gasteiger partial charge in [-0.15, -0.1) is 0 Å². The van der Waals surface area contributed by atoms with Crippen molar-refractivity contribution in [2.24, 2.45) is 0 Å². The summed E-state index contributed by atoms with van der Waals surface area (Å²) >= 11 is 0. The van der Waals surface area contributed by atoms with E-state index in [1.54, 1.807) is 42.5 Å². The fraction of sp³-hybridized carbons (Fsp3) is 0.136. The van der Waals surface area contributed by atoms with Crippen LogP contribution < -0.4 is 10.9 Å². The van der Waals surface area contributed by atoms with Gasteiger partial charge in [-0.3, -0.25) is 9.59 Å². The average Bonchev–Trinajstić information content (AvgIpc) is 2.69. The number of pyridine rings is 1. The summed E-state index contributed by atoms with van der Waals surface area (Å²) in [6.07, 6.45) is -4.87. The number of hydrogen-bond acceptors (Lipinski definition) is 3. The van der Waals surface area contributed by atoms with Gasteiger partial charge in [0.15, 0.2) is 0 Å². The second-order valence-electron chi connectivity index (χ2n) is 6.57. The highest BCUT2D eigenvalue weighted by atomic mass is 19.4. The molecule has 30 heavy (non-hydrogen) atoms. The van der Waals surface area contributed by atoms with Crippen LogP contribution in [0.1, 0.15) is 23.6 Å². The van der Waals surface area contributed by atoms with Crippen LogP contribution in [-0.2, 0) is 17.5 Å². The van der Waals surface area contributed by atoms with Gasteiger partial charge < -0.3 is 9.88 Å². The van der Waals surface area contributed by atoms with Crippen LogP contribution in [0.3, 0.4) is 0 Å². The third-order valence-electron chi connectivity index (χ3n) is 4.38. The standard InChI is InChI=1S/C22H16F3N3O2/c1-14(29)27-17-9-5-8-16(10-17)20-11-19(22(23,24)25)18(12-26)21(30)28(20)13-15-6-3-2-4-7-15/h2-11H,13H2,1H3,(H,27,29). The molecule has 3 aromatic rings. The number of halogens is 3. The Morgan fingerprint density at radius 2 is 1.80 bits per heavy atom. The number of amides is 1. The van der Waals surface area contributed by atoms with Gasteiger partial charge >= 0.3 is 6.18 Å². The molecule has 1 aromatic heterocycles. The minimum absolute atomic E-state index is 0.0117. The van der Waals surface area contributed by atoms with Crippen molar-refractivity contribution >= 4 is 11.6 Å². The summed E-state index contributed by atoms with van der Waals surface area (Å²) in [7, 11) is 0. The lowest BCUT2D eigenvalue weighted by Crippen LogP contribution is -2.28. The van der Waals surface area contributed by atoms with Crippen molar-refractivity contribution in [1.29, 1.82) is 5.26 Å². The molecule has 5 nitrogen and oxygen atoms in total. The number of benzene rings is 2. The van der Waals surface area contributed by atoms with Crippen LogP contribution in [0.25, 0.3) is 11.3 Å². The highest BCUT2D eigenvalue weighted by Crippen LogP contribution is 2.34. The maximum atomic E-state index is 13.6. The number of alkyl halides is 3. The van der Waals surface area contributed by atoms with Crippen LogP contribution in [-0.4, -0.2) is 10.5 Å². The summed E-state index contributed by atoms with van der Waals surface area (Å²) in [6.45, 7) is 1.29. The van der Waals surface area contributed by atoms with E-state index in [1.165, 1.54) is 25.1 Å². The van der Waals surface area contributed by atoms with E-state index in [-0.39, 0.29) is 18.1 Å². The Morgan fingerprint density at radius 3 is 2.40 bits per heavy atom. The molecule has 152 valence electrons. The second kappa shape index (κ2) is 8.25. The Morgan fingerprint density at radius 1 is 1.10 bits per heavy atom. The molecule has 8 heteroatoms. The van der Waals surface area contributed by atoms with E-state index in [9.17, 15) is 28.0 Å².